The number of rotatable bonds is 9. The van der Waals surface area contributed by atoms with E-state index in [2.05, 4.69) is 26.0 Å². The first kappa shape index (κ1) is 18.6. The minimum Gasteiger partial charge on any atom is -0.452 e. The topological polar surface area (TPSA) is 80.6 Å². The van der Waals surface area contributed by atoms with Gasteiger partial charge in [-0.3, -0.25) is 0 Å². The summed E-state index contributed by atoms with van der Waals surface area (Å²) in [6.07, 6.45) is 0.604. The summed E-state index contributed by atoms with van der Waals surface area (Å²) in [5.41, 5.74) is 0. The molecule has 0 aliphatic rings. The molecule has 1 aromatic heterocycles. The summed E-state index contributed by atoms with van der Waals surface area (Å²) in [6, 6.07) is 1.61. The summed E-state index contributed by atoms with van der Waals surface area (Å²) in [6.45, 7) is 6.79. The van der Waals surface area contributed by atoms with Crippen LogP contribution in [-0.2, 0) is 21.3 Å². The third-order valence-corrected chi connectivity index (χ3v) is 5.24. The quantitative estimate of drug-likeness (QED) is 0.684. The van der Waals surface area contributed by atoms with Gasteiger partial charge >= 0.3 is 0 Å². The molecule has 1 unspecified atom stereocenters. The molecule has 0 spiro atoms. The van der Waals surface area contributed by atoms with Gasteiger partial charge in [-0.2, -0.15) is 0 Å². The molecule has 0 fully saturated rings. The molecule has 0 aromatic carbocycles. The van der Waals surface area contributed by atoms with Crippen molar-refractivity contribution in [3.8, 4) is 0 Å². The molecular weight excluding hydrogens is 360 g/mol. The Morgan fingerprint density at radius 2 is 2.05 bits per heavy atom. The molecule has 0 aliphatic carbocycles. The van der Waals surface area contributed by atoms with Crippen molar-refractivity contribution in [3.63, 3.8) is 0 Å². The zero-order valence-corrected chi connectivity index (χ0v) is 15.2. The average molecular weight is 383 g/mol. The van der Waals surface area contributed by atoms with Gasteiger partial charge in [-0.15, -0.1) is 0 Å². The summed E-state index contributed by atoms with van der Waals surface area (Å²) in [5.74, 6) is 0.570. The number of nitrogens with one attached hydrogen (secondary N) is 2. The van der Waals surface area contributed by atoms with E-state index in [0.717, 1.165) is 0 Å². The van der Waals surface area contributed by atoms with Crippen molar-refractivity contribution in [2.45, 2.75) is 50.7 Å². The molecule has 6 nitrogen and oxygen atoms in total. The zero-order chi connectivity index (χ0) is 16.0. The third-order valence-electron chi connectivity index (χ3n) is 2.79. The lowest BCUT2D eigenvalue weighted by molar-refractivity contribution is 0.188. The van der Waals surface area contributed by atoms with Crippen LogP contribution in [0, 0.1) is 0 Å². The fourth-order valence-corrected chi connectivity index (χ4v) is 3.93. The third kappa shape index (κ3) is 6.07. The molecule has 0 amide bonds. The molecule has 122 valence electrons. The SMILES string of the molecule is COCCC(C)NS(=O)(=O)c1cc(CNC(C)C)oc1Br. The zero-order valence-electron chi connectivity index (χ0n) is 12.8. The van der Waals surface area contributed by atoms with Gasteiger partial charge in [0.2, 0.25) is 10.0 Å². The highest BCUT2D eigenvalue weighted by atomic mass is 79.9. The minimum absolute atomic E-state index is 0.118. The van der Waals surface area contributed by atoms with Crippen LogP contribution in [0.25, 0.3) is 0 Å². The first-order chi connectivity index (χ1) is 9.76. The van der Waals surface area contributed by atoms with E-state index in [9.17, 15) is 8.42 Å². The smallest absolute Gasteiger partial charge is 0.245 e. The lowest BCUT2D eigenvalue weighted by Gasteiger charge is -2.12. The fourth-order valence-electron chi connectivity index (χ4n) is 1.65. The summed E-state index contributed by atoms with van der Waals surface area (Å²) >= 11 is 3.16. The number of hydrogen-bond acceptors (Lipinski definition) is 5. The van der Waals surface area contributed by atoms with E-state index in [1.165, 1.54) is 6.07 Å². The van der Waals surface area contributed by atoms with Crippen molar-refractivity contribution in [3.05, 3.63) is 16.5 Å². The second kappa shape index (κ2) is 8.28. The van der Waals surface area contributed by atoms with Crippen molar-refractivity contribution < 1.29 is 17.6 Å². The molecule has 0 bridgehead atoms. The second-order valence-corrected chi connectivity index (χ2v) is 7.59. The van der Waals surface area contributed by atoms with Crippen LogP contribution in [0.3, 0.4) is 0 Å². The molecule has 21 heavy (non-hydrogen) atoms. The maximum absolute atomic E-state index is 12.3. The highest BCUT2D eigenvalue weighted by molar-refractivity contribution is 9.10. The number of hydrogen-bond donors (Lipinski definition) is 2. The van der Waals surface area contributed by atoms with E-state index >= 15 is 0 Å². The molecule has 1 heterocycles. The molecule has 0 radical (unpaired) electrons. The van der Waals surface area contributed by atoms with Crippen LogP contribution < -0.4 is 10.0 Å². The van der Waals surface area contributed by atoms with Gasteiger partial charge in [0.1, 0.15) is 10.7 Å². The Morgan fingerprint density at radius 1 is 1.38 bits per heavy atom. The Labute approximate surface area is 134 Å². The van der Waals surface area contributed by atoms with Gasteiger partial charge in [0.25, 0.3) is 0 Å². The van der Waals surface area contributed by atoms with Gasteiger partial charge in [-0.1, -0.05) is 13.8 Å². The van der Waals surface area contributed by atoms with E-state index in [0.29, 0.717) is 31.4 Å². The maximum atomic E-state index is 12.3. The Kier molecular flexibility index (Phi) is 7.35. The number of methoxy groups -OCH3 is 1. The van der Waals surface area contributed by atoms with E-state index in [1.807, 2.05) is 13.8 Å². The lowest BCUT2D eigenvalue weighted by atomic mass is 10.3. The van der Waals surface area contributed by atoms with Gasteiger partial charge in [0.05, 0.1) is 6.54 Å². The Bertz CT molecular complexity index is 542. The van der Waals surface area contributed by atoms with Crippen LogP contribution in [0.2, 0.25) is 0 Å². The fraction of sp³-hybridized carbons (Fsp3) is 0.692. The molecule has 1 aromatic rings. The molecule has 0 aliphatic heterocycles. The van der Waals surface area contributed by atoms with Crippen molar-refractivity contribution in [2.75, 3.05) is 13.7 Å². The molecule has 8 heteroatoms. The van der Waals surface area contributed by atoms with Crippen LogP contribution >= 0.6 is 15.9 Å². The predicted octanol–water partition coefficient (Wildman–Crippen LogP) is 2.24. The number of halogens is 1. The Morgan fingerprint density at radius 3 is 2.62 bits per heavy atom. The molecule has 0 saturated carbocycles. The van der Waals surface area contributed by atoms with Crippen LogP contribution in [0.1, 0.15) is 33.0 Å². The van der Waals surface area contributed by atoms with Gasteiger partial charge < -0.3 is 14.5 Å². The van der Waals surface area contributed by atoms with Gasteiger partial charge in [0, 0.05) is 31.9 Å². The summed E-state index contributed by atoms with van der Waals surface area (Å²) in [5, 5.41) is 3.18. The molecule has 0 saturated heterocycles. The molecular formula is C13H23BrN2O4S. The van der Waals surface area contributed by atoms with E-state index < -0.39 is 10.0 Å². The number of ether oxygens (including phenoxy) is 1. The van der Waals surface area contributed by atoms with E-state index in [1.54, 1.807) is 14.0 Å². The Hall–Kier alpha value is -0.410. The van der Waals surface area contributed by atoms with Crippen molar-refractivity contribution in [2.24, 2.45) is 0 Å². The maximum Gasteiger partial charge on any atom is 0.245 e. The standard InChI is InChI=1S/C13H23BrN2O4S/c1-9(2)15-8-11-7-12(13(14)20-11)21(17,18)16-10(3)5-6-19-4/h7,9-10,15-16H,5-6,8H2,1-4H3. The lowest BCUT2D eigenvalue weighted by Crippen LogP contribution is -2.33. The molecule has 2 N–H and O–H groups in total. The van der Waals surface area contributed by atoms with Crippen LogP contribution in [0.5, 0.6) is 0 Å². The van der Waals surface area contributed by atoms with E-state index in [4.69, 9.17) is 9.15 Å². The van der Waals surface area contributed by atoms with Gasteiger partial charge in [0.15, 0.2) is 4.67 Å². The summed E-state index contributed by atoms with van der Waals surface area (Å²) in [7, 11) is -2.03. The number of furan rings is 1. The highest BCUT2D eigenvalue weighted by Gasteiger charge is 2.24. The highest BCUT2D eigenvalue weighted by Crippen LogP contribution is 2.26. The van der Waals surface area contributed by atoms with Crippen LogP contribution in [-0.4, -0.2) is 34.2 Å². The van der Waals surface area contributed by atoms with Gasteiger partial charge in [-0.05, 0) is 29.3 Å². The van der Waals surface area contributed by atoms with Crippen molar-refractivity contribution in [1.82, 2.24) is 10.0 Å². The Balaban J connectivity index is 2.78. The first-order valence-electron chi connectivity index (χ1n) is 6.79. The van der Waals surface area contributed by atoms with Crippen molar-refractivity contribution in [1.29, 1.82) is 0 Å². The summed E-state index contributed by atoms with van der Waals surface area (Å²) < 4.78 is 37.8. The summed E-state index contributed by atoms with van der Waals surface area (Å²) in [4.78, 5) is 0.118. The second-order valence-electron chi connectivity index (χ2n) is 5.19. The minimum atomic E-state index is -3.61. The number of sulfonamides is 1. The predicted molar refractivity (Wildman–Crippen MR) is 84.7 cm³/mol. The van der Waals surface area contributed by atoms with Crippen LogP contribution in [0.15, 0.2) is 20.0 Å². The van der Waals surface area contributed by atoms with Crippen LogP contribution in [0.4, 0.5) is 0 Å². The normalized spacial score (nSPS) is 13.8. The monoisotopic (exact) mass is 382 g/mol. The largest absolute Gasteiger partial charge is 0.452 e. The average Bonchev–Trinajstić information content (AvgIpc) is 2.75. The van der Waals surface area contributed by atoms with Gasteiger partial charge in [-0.25, -0.2) is 13.1 Å². The first-order valence-corrected chi connectivity index (χ1v) is 9.06. The van der Waals surface area contributed by atoms with Crippen molar-refractivity contribution >= 4 is 26.0 Å². The molecule has 1 atom stereocenters. The van der Waals surface area contributed by atoms with E-state index in [-0.39, 0.29) is 15.6 Å². The molecule has 1 rings (SSSR count).